The molecule has 0 unspecified atom stereocenters. The van der Waals surface area contributed by atoms with E-state index in [9.17, 15) is 0 Å². The van der Waals surface area contributed by atoms with Gasteiger partial charge in [0.25, 0.3) is 0 Å². The van der Waals surface area contributed by atoms with Gasteiger partial charge in [0.1, 0.15) is 0 Å². The largest absolute Gasteiger partial charge is 0.320 e. The lowest BCUT2D eigenvalue weighted by molar-refractivity contribution is 0.0360. The van der Waals surface area contributed by atoms with Crippen molar-refractivity contribution >= 4 is 0 Å². The fourth-order valence-electron chi connectivity index (χ4n) is 2.64. The van der Waals surface area contributed by atoms with E-state index in [-0.39, 0.29) is 5.54 Å². The molecule has 3 nitrogen and oxygen atoms in total. The number of nitrogens with zero attached hydrogens (tertiary/aromatic N) is 2. The molecule has 0 bridgehead atoms. The lowest BCUT2D eigenvalue weighted by Gasteiger charge is -2.45. The Labute approximate surface area is 122 Å². The van der Waals surface area contributed by atoms with Crippen LogP contribution < -0.4 is 5.73 Å². The van der Waals surface area contributed by atoms with E-state index in [0.717, 1.165) is 31.7 Å². The van der Waals surface area contributed by atoms with Crippen molar-refractivity contribution in [3.8, 4) is 11.8 Å². The maximum Gasteiger partial charge on any atom is 0.0555 e. The predicted molar refractivity (Wildman–Crippen MR) is 84.4 cm³/mol. The van der Waals surface area contributed by atoms with Gasteiger partial charge in [0.2, 0.25) is 0 Å². The maximum absolute atomic E-state index is 5.47. The topological polar surface area (TPSA) is 32.5 Å². The van der Waals surface area contributed by atoms with Crippen molar-refractivity contribution in [2.45, 2.75) is 25.9 Å². The average molecular weight is 271 g/mol. The second-order valence-corrected chi connectivity index (χ2v) is 6.11. The summed E-state index contributed by atoms with van der Waals surface area (Å²) < 4.78 is 0. The molecule has 1 fully saturated rings. The molecule has 1 heterocycles. The molecule has 0 amide bonds. The Balaban J connectivity index is 2.11. The van der Waals surface area contributed by atoms with Gasteiger partial charge < -0.3 is 5.73 Å². The molecule has 2 rings (SSSR count). The first-order valence-corrected chi connectivity index (χ1v) is 7.23. The van der Waals surface area contributed by atoms with Gasteiger partial charge in [-0.2, -0.15) is 0 Å². The van der Waals surface area contributed by atoms with Crippen LogP contribution in [0.4, 0.5) is 0 Å². The summed E-state index contributed by atoms with van der Waals surface area (Å²) in [6, 6.07) is 8.38. The zero-order valence-corrected chi connectivity index (χ0v) is 12.8. The minimum atomic E-state index is 0.232. The highest BCUT2D eigenvalue weighted by Gasteiger charge is 2.30. The molecule has 20 heavy (non-hydrogen) atoms. The normalized spacial score (nSPS) is 19.4. The van der Waals surface area contributed by atoms with Gasteiger partial charge in [-0.15, -0.1) is 0 Å². The van der Waals surface area contributed by atoms with Crippen LogP contribution in [0.3, 0.4) is 0 Å². The molecular weight excluding hydrogens is 246 g/mol. The van der Waals surface area contributed by atoms with Crippen LogP contribution >= 0.6 is 0 Å². The lowest BCUT2D eigenvalue weighted by Crippen LogP contribution is -2.57. The van der Waals surface area contributed by atoms with Crippen molar-refractivity contribution < 1.29 is 0 Å². The van der Waals surface area contributed by atoms with Gasteiger partial charge in [0.15, 0.2) is 0 Å². The maximum atomic E-state index is 5.47. The van der Waals surface area contributed by atoms with Crippen LogP contribution in [0.5, 0.6) is 0 Å². The van der Waals surface area contributed by atoms with E-state index in [1.54, 1.807) is 0 Å². The van der Waals surface area contributed by atoms with Gasteiger partial charge in [-0.25, -0.2) is 0 Å². The van der Waals surface area contributed by atoms with E-state index >= 15 is 0 Å². The number of hydrogen-bond donors (Lipinski definition) is 1. The highest BCUT2D eigenvalue weighted by Crippen LogP contribution is 2.21. The fraction of sp³-hybridized carbons (Fsp3) is 0.529. The smallest absolute Gasteiger partial charge is 0.0555 e. The van der Waals surface area contributed by atoms with Gasteiger partial charge in [0, 0.05) is 37.3 Å². The summed E-state index contributed by atoms with van der Waals surface area (Å²) in [5.74, 6) is 6.14. The highest BCUT2D eigenvalue weighted by atomic mass is 15.3. The van der Waals surface area contributed by atoms with E-state index in [1.807, 2.05) is 6.07 Å². The zero-order chi connectivity index (χ0) is 14.6. The number of rotatable bonds is 2. The Morgan fingerprint density at radius 2 is 2.00 bits per heavy atom. The number of piperazine rings is 1. The van der Waals surface area contributed by atoms with Crippen molar-refractivity contribution in [2.24, 2.45) is 5.73 Å². The molecule has 1 aliphatic rings. The van der Waals surface area contributed by atoms with Crippen molar-refractivity contribution in [3.63, 3.8) is 0 Å². The number of hydrogen-bond acceptors (Lipinski definition) is 3. The standard InChI is InChI=1S/C17H25N3/c1-17(2)14-20(12-11-19(17)3)13-16-8-5-4-7-15(16)9-6-10-18/h4-5,7-8H,10-14,18H2,1-3H3. The summed E-state index contributed by atoms with van der Waals surface area (Å²) in [6.07, 6.45) is 0. The molecule has 1 saturated heterocycles. The molecule has 0 aliphatic carbocycles. The van der Waals surface area contributed by atoms with E-state index in [4.69, 9.17) is 5.73 Å². The molecule has 3 heteroatoms. The van der Waals surface area contributed by atoms with Gasteiger partial charge in [-0.05, 0) is 32.5 Å². The monoisotopic (exact) mass is 271 g/mol. The SMILES string of the molecule is CN1CCN(Cc2ccccc2C#CCN)CC1(C)C. The third-order valence-corrected chi connectivity index (χ3v) is 4.13. The van der Waals surface area contributed by atoms with Gasteiger partial charge in [-0.3, -0.25) is 9.80 Å². The molecule has 1 aliphatic heterocycles. The Hall–Kier alpha value is -1.34. The summed E-state index contributed by atoms with van der Waals surface area (Å²) in [5.41, 5.74) is 8.11. The van der Waals surface area contributed by atoms with Crippen LogP contribution in [-0.2, 0) is 6.54 Å². The Bertz CT molecular complexity index is 510. The van der Waals surface area contributed by atoms with Crippen LogP contribution in [0.15, 0.2) is 24.3 Å². The Kier molecular flexibility index (Phi) is 4.82. The predicted octanol–water partition coefficient (Wildman–Crippen LogP) is 1.52. The Morgan fingerprint density at radius 1 is 1.25 bits per heavy atom. The minimum absolute atomic E-state index is 0.232. The molecular formula is C17H25N3. The lowest BCUT2D eigenvalue weighted by atomic mass is 9.98. The third-order valence-electron chi connectivity index (χ3n) is 4.13. The van der Waals surface area contributed by atoms with Crippen LogP contribution in [0.1, 0.15) is 25.0 Å². The second kappa shape index (κ2) is 6.41. The Morgan fingerprint density at radius 3 is 2.70 bits per heavy atom. The van der Waals surface area contributed by atoms with Crippen LogP contribution in [0, 0.1) is 11.8 Å². The van der Waals surface area contributed by atoms with E-state index in [1.165, 1.54) is 5.56 Å². The second-order valence-electron chi connectivity index (χ2n) is 6.11. The first-order valence-electron chi connectivity index (χ1n) is 7.23. The molecule has 0 spiro atoms. The highest BCUT2D eigenvalue weighted by molar-refractivity contribution is 5.41. The molecule has 0 atom stereocenters. The summed E-state index contributed by atoms with van der Waals surface area (Å²) in [7, 11) is 2.21. The average Bonchev–Trinajstić information content (AvgIpc) is 2.42. The van der Waals surface area contributed by atoms with Crippen LogP contribution in [-0.4, -0.2) is 48.6 Å². The molecule has 1 aromatic carbocycles. The molecule has 0 saturated carbocycles. The molecule has 0 radical (unpaired) electrons. The molecule has 1 aromatic rings. The third kappa shape index (κ3) is 3.61. The van der Waals surface area contributed by atoms with Crippen molar-refractivity contribution in [2.75, 3.05) is 33.2 Å². The quantitative estimate of drug-likeness (QED) is 0.828. The van der Waals surface area contributed by atoms with Crippen molar-refractivity contribution in [1.82, 2.24) is 9.80 Å². The van der Waals surface area contributed by atoms with Crippen LogP contribution in [0.25, 0.3) is 0 Å². The van der Waals surface area contributed by atoms with Gasteiger partial charge in [-0.1, -0.05) is 30.0 Å². The number of benzene rings is 1. The van der Waals surface area contributed by atoms with Gasteiger partial charge >= 0.3 is 0 Å². The van der Waals surface area contributed by atoms with Gasteiger partial charge in [0.05, 0.1) is 6.54 Å². The fourth-order valence-corrected chi connectivity index (χ4v) is 2.64. The summed E-state index contributed by atoms with van der Waals surface area (Å²) in [5, 5.41) is 0. The number of nitrogens with two attached hydrogens (primary N) is 1. The van der Waals surface area contributed by atoms with Crippen molar-refractivity contribution in [3.05, 3.63) is 35.4 Å². The molecule has 2 N–H and O–H groups in total. The van der Waals surface area contributed by atoms with E-state index < -0.39 is 0 Å². The van der Waals surface area contributed by atoms with Crippen LogP contribution in [0.2, 0.25) is 0 Å². The molecule has 108 valence electrons. The first-order chi connectivity index (χ1) is 9.53. The zero-order valence-electron chi connectivity index (χ0n) is 12.8. The number of likely N-dealkylation sites (N-methyl/N-ethyl adjacent to an activating group) is 1. The van der Waals surface area contributed by atoms with Crippen molar-refractivity contribution in [1.29, 1.82) is 0 Å². The molecule has 0 aromatic heterocycles. The first kappa shape index (κ1) is 15.1. The van der Waals surface area contributed by atoms with E-state index in [2.05, 4.69) is 60.7 Å². The summed E-state index contributed by atoms with van der Waals surface area (Å²) in [6.45, 7) is 9.30. The summed E-state index contributed by atoms with van der Waals surface area (Å²) in [4.78, 5) is 4.95. The van der Waals surface area contributed by atoms with E-state index in [0.29, 0.717) is 6.54 Å². The minimum Gasteiger partial charge on any atom is -0.320 e. The summed E-state index contributed by atoms with van der Waals surface area (Å²) >= 11 is 0.